The largest absolute Gasteiger partial charge is 0.345 e. The average Bonchev–Trinajstić information content (AvgIpc) is 2.76. The number of quaternary nitrogens is 1. The predicted molar refractivity (Wildman–Crippen MR) is 120 cm³/mol. The molecule has 8 heteroatoms. The smallest absolute Gasteiger partial charge is 0.270 e. The van der Waals surface area contributed by atoms with E-state index in [1.165, 1.54) is 29.2 Å². The number of nitro groups is 1. The van der Waals surface area contributed by atoms with Gasteiger partial charge >= 0.3 is 0 Å². The second-order valence-corrected chi connectivity index (χ2v) is 7.19. The quantitative estimate of drug-likeness (QED) is 0.306. The lowest BCUT2D eigenvalue weighted by Crippen LogP contribution is -3.12. The van der Waals surface area contributed by atoms with Crippen molar-refractivity contribution < 1.29 is 19.4 Å². The molecule has 0 spiro atoms. The number of non-ortho nitro benzene ring substituents is 1. The van der Waals surface area contributed by atoms with Crippen molar-refractivity contribution in [1.29, 1.82) is 0 Å². The normalized spacial score (nSPS) is 11.3. The van der Waals surface area contributed by atoms with Crippen molar-refractivity contribution in [2.24, 2.45) is 0 Å². The highest BCUT2D eigenvalue weighted by atomic mass is 16.6. The van der Waals surface area contributed by atoms with E-state index < -0.39 is 16.7 Å². The van der Waals surface area contributed by atoms with Gasteiger partial charge in [-0.3, -0.25) is 19.7 Å². The summed E-state index contributed by atoms with van der Waals surface area (Å²) in [5, 5.41) is 16.5. The predicted octanol–water partition coefficient (Wildman–Crippen LogP) is 1.72. The number of likely N-dealkylation sites (N-methyl/N-ethyl adjacent to an activating group) is 1. The second-order valence-electron chi connectivity index (χ2n) is 7.19. The second kappa shape index (κ2) is 11.6. The molecule has 3 N–H and O–H groups in total. The first kappa shape index (κ1) is 23.8. The van der Waals surface area contributed by atoms with Gasteiger partial charge in [0.2, 0.25) is 0 Å². The van der Waals surface area contributed by atoms with Gasteiger partial charge in [0.15, 0.2) is 0 Å². The minimum Gasteiger partial charge on any atom is -0.345 e. The van der Waals surface area contributed by atoms with Gasteiger partial charge in [0.1, 0.15) is 5.70 Å². The van der Waals surface area contributed by atoms with Crippen molar-refractivity contribution >= 4 is 23.6 Å². The maximum atomic E-state index is 12.8. The summed E-state index contributed by atoms with van der Waals surface area (Å²) in [6.45, 7) is 9.18. The molecule has 2 rings (SSSR count). The number of benzene rings is 2. The van der Waals surface area contributed by atoms with Crippen LogP contribution < -0.4 is 15.5 Å². The average molecular weight is 426 g/mol. The number of carbonyl (C=O) groups is 2. The Balaban J connectivity index is 2.24. The molecule has 0 unspecified atom stereocenters. The van der Waals surface area contributed by atoms with Crippen molar-refractivity contribution in [3.63, 3.8) is 0 Å². The maximum Gasteiger partial charge on any atom is 0.270 e. The summed E-state index contributed by atoms with van der Waals surface area (Å²) in [6.07, 6.45) is 1.44. The molecule has 0 aromatic heterocycles. The van der Waals surface area contributed by atoms with Gasteiger partial charge in [-0.15, -0.1) is 0 Å². The number of amides is 2. The third kappa shape index (κ3) is 7.35. The van der Waals surface area contributed by atoms with Gasteiger partial charge in [-0.25, -0.2) is 0 Å². The summed E-state index contributed by atoms with van der Waals surface area (Å²) in [7, 11) is 0. The molecule has 2 amide bonds. The summed E-state index contributed by atoms with van der Waals surface area (Å²) in [4.78, 5) is 37.4. The lowest BCUT2D eigenvalue weighted by atomic mass is 10.1. The van der Waals surface area contributed by atoms with Gasteiger partial charge in [-0.05, 0) is 44.5 Å². The van der Waals surface area contributed by atoms with E-state index in [1.807, 2.05) is 19.1 Å². The highest BCUT2D eigenvalue weighted by molar-refractivity contribution is 6.05. The van der Waals surface area contributed by atoms with Crippen molar-refractivity contribution in [2.45, 2.75) is 20.8 Å². The summed E-state index contributed by atoms with van der Waals surface area (Å²) in [5.74, 6) is -0.875. The molecule has 0 saturated heterocycles. The molecule has 0 bridgehead atoms. The van der Waals surface area contributed by atoms with Gasteiger partial charge in [0.05, 0.1) is 31.1 Å². The molecular formula is C23H29N4O4+. The van der Waals surface area contributed by atoms with Gasteiger partial charge in [0, 0.05) is 17.7 Å². The first-order valence-corrected chi connectivity index (χ1v) is 10.3. The fourth-order valence-corrected chi connectivity index (χ4v) is 3.00. The first-order valence-electron chi connectivity index (χ1n) is 10.3. The molecule has 2 aromatic rings. The van der Waals surface area contributed by atoms with Crippen molar-refractivity contribution in [1.82, 2.24) is 10.6 Å². The molecule has 0 fully saturated rings. The van der Waals surface area contributed by atoms with Gasteiger partial charge < -0.3 is 15.5 Å². The Kier molecular flexibility index (Phi) is 8.90. The van der Waals surface area contributed by atoms with Crippen molar-refractivity contribution in [3.8, 4) is 0 Å². The number of rotatable bonds is 10. The van der Waals surface area contributed by atoms with E-state index in [0.29, 0.717) is 17.7 Å². The van der Waals surface area contributed by atoms with Crippen LogP contribution in [0.3, 0.4) is 0 Å². The van der Waals surface area contributed by atoms with Gasteiger partial charge in [-0.1, -0.05) is 29.8 Å². The van der Waals surface area contributed by atoms with E-state index in [2.05, 4.69) is 24.5 Å². The zero-order chi connectivity index (χ0) is 22.8. The third-order valence-corrected chi connectivity index (χ3v) is 4.96. The van der Waals surface area contributed by atoms with Crippen molar-refractivity contribution in [3.05, 3.63) is 81.0 Å². The maximum absolute atomic E-state index is 12.8. The number of hydrogen-bond donors (Lipinski definition) is 3. The fraction of sp³-hybridized carbons (Fsp3) is 0.304. The number of nitro benzene ring substituents is 1. The zero-order valence-electron chi connectivity index (χ0n) is 18.1. The fourth-order valence-electron chi connectivity index (χ4n) is 3.00. The molecule has 0 aliphatic rings. The lowest BCUT2D eigenvalue weighted by Gasteiger charge is -2.16. The minimum absolute atomic E-state index is 0.0284. The number of nitrogens with one attached hydrogen (secondary N) is 3. The monoisotopic (exact) mass is 425 g/mol. The van der Waals surface area contributed by atoms with E-state index in [4.69, 9.17) is 0 Å². The van der Waals surface area contributed by atoms with Crippen LogP contribution in [0.2, 0.25) is 0 Å². The Bertz CT molecular complexity index is 950. The summed E-state index contributed by atoms with van der Waals surface area (Å²) in [6, 6.07) is 12.9. The summed E-state index contributed by atoms with van der Waals surface area (Å²) in [5.41, 5.74) is 1.80. The van der Waals surface area contributed by atoms with E-state index in [0.717, 1.165) is 25.2 Å². The van der Waals surface area contributed by atoms with Crippen molar-refractivity contribution in [2.75, 3.05) is 26.2 Å². The summed E-state index contributed by atoms with van der Waals surface area (Å²) < 4.78 is 0. The lowest BCUT2D eigenvalue weighted by molar-refractivity contribution is -0.895. The SMILES string of the molecule is CC[NH+](CC)CCNC(=O)/C(=C/c1cccc([N+](=O)[O-])c1)NC(=O)c1ccc(C)cc1. The molecular weight excluding hydrogens is 396 g/mol. The Labute approximate surface area is 182 Å². The van der Waals surface area contributed by atoms with Crippen LogP contribution in [-0.2, 0) is 4.79 Å². The molecule has 164 valence electrons. The Morgan fingerprint density at radius 3 is 2.39 bits per heavy atom. The van der Waals surface area contributed by atoms with E-state index in [-0.39, 0.29) is 11.4 Å². The van der Waals surface area contributed by atoms with Crippen LogP contribution in [0.15, 0.2) is 54.2 Å². The Morgan fingerprint density at radius 2 is 1.77 bits per heavy atom. The molecule has 0 heterocycles. The van der Waals surface area contributed by atoms with Crippen LogP contribution in [-0.4, -0.2) is 42.9 Å². The number of hydrogen-bond acceptors (Lipinski definition) is 4. The Morgan fingerprint density at radius 1 is 1.10 bits per heavy atom. The van der Waals surface area contributed by atoms with E-state index in [9.17, 15) is 19.7 Å². The standard InChI is InChI=1S/C23H28N4O4/c1-4-26(5-2)14-13-24-23(29)21(16-18-7-6-8-20(15-18)27(30)31)25-22(28)19-11-9-17(3)10-12-19/h6-12,15-16H,4-5,13-14H2,1-3H3,(H,24,29)(H,25,28)/p+1/b21-16-. The van der Waals surface area contributed by atoms with Crippen LogP contribution in [0.1, 0.15) is 35.3 Å². The zero-order valence-corrected chi connectivity index (χ0v) is 18.1. The minimum atomic E-state index is -0.505. The first-order chi connectivity index (χ1) is 14.8. The molecule has 8 nitrogen and oxygen atoms in total. The van der Waals surface area contributed by atoms with Gasteiger partial charge in [-0.2, -0.15) is 0 Å². The molecule has 0 aliphatic carbocycles. The molecule has 0 aliphatic heterocycles. The molecule has 0 saturated carbocycles. The summed E-state index contributed by atoms with van der Waals surface area (Å²) >= 11 is 0. The van der Waals surface area contributed by atoms with Gasteiger partial charge in [0.25, 0.3) is 17.5 Å². The number of aryl methyl sites for hydroxylation is 1. The van der Waals surface area contributed by atoms with Crippen LogP contribution >= 0.6 is 0 Å². The van der Waals surface area contributed by atoms with Crippen LogP contribution in [0.5, 0.6) is 0 Å². The molecule has 2 aromatic carbocycles. The molecule has 31 heavy (non-hydrogen) atoms. The topological polar surface area (TPSA) is 106 Å². The number of carbonyl (C=O) groups excluding carboxylic acids is 2. The molecule has 0 atom stereocenters. The van der Waals surface area contributed by atoms with Crippen LogP contribution in [0.25, 0.3) is 6.08 Å². The number of nitrogens with zero attached hydrogens (tertiary/aromatic N) is 1. The van der Waals surface area contributed by atoms with Crippen LogP contribution in [0.4, 0.5) is 5.69 Å². The highest BCUT2D eigenvalue weighted by Gasteiger charge is 2.16. The Hall–Kier alpha value is -3.52. The van der Waals surface area contributed by atoms with E-state index >= 15 is 0 Å². The van der Waals surface area contributed by atoms with E-state index in [1.54, 1.807) is 18.2 Å². The van der Waals surface area contributed by atoms with Crippen LogP contribution in [0, 0.1) is 17.0 Å². The molecule has 0 radical (unpaired) electrons. The highest BCUT2D eigenvalue weighted by Crippen LogP contribution is 2.15. The third-order valence-electron chi connectivity index (χ3n) is 4.96.